The molecule has 2 rings (SSSR count). The molecule has 2 N–H and O–H groups in total. The summed E-state index contributed by atoms with van der Waals surface area (Å²) in [5, 5.41) is 2.13. The van der Waals surface area contributed by atoms with Crippen molar-refractivity contribution in [2.24, 2.45) is 5.73 Å². The maximum absolute atomic E-state index is 6.06. The van der Waals surface area contributed by atoms with Gasteiger partial charge in [-0.3, -0.25) is 0 Å². The molecule has 114 valence electrons. The summed E-state index contributed by atoms with van der Waals surface area (Å²) in [5.41, 5.74) is 10.0. The van der Waals surface area contributed by atoms with Gasteiger partial charge in [-0.15, -0.1) is 11.3 Å². The second-order valence-corrected chi connectivity index (χ2v) is 7.48. The smallest absolute Gasteiger partial charge is 0.0519 e. The van der Waals surface area contributed by atoms with Gasteiger partial charge in [0.15, 0.2) is 0 Å². The lowest BCUT2D eigenvalue weighted by Crippen LogP contribution is -2.22. The van der Waals surface area contributed by atoms with Gasteiger partial charge in [-0.25, -0.2) is 0 Å². The standard InChI is InChI=1S/C17H23BrN2S/c1-4-15(19)8-13-5-6-16(7-12(13)2)20(3)10-17-9-14(18)11-21-17/h5-7,9,11,15H,4,8,10,19H2,1-3H3. The largest absolute Gasteiger partial charge is 0.369 e. The SMILES string of the molecule is CCC(N)Cc1ccc(N(C)Cc2cc(Br)cs2)cc1C. The van der Waals surface area contributed by atoms with E-state index in [1.165, 1.54) is 21.7 Å². The van der Waals surface area contributed by atoms with E-state index in [0.717, 1.165) is 23.9 Å². The Kier molecular flexibility index (Phi) is 5.85. The van der Waals surface area contributed by atoms with Crippen LogP contribution in [0.4, 0.5) is 5.69 Å². The van der Waals surface area contributed by atoms with Gasteiger partial charge < -0.3 is 10.6 Å². The Morgan fingerprint density at radius 3 is 2.67 bits per heavy atom. The lowest BCUT2D eigenvalue weighted by Gasteiger charge is -2.20. The van der Waals surface area contributed by atoms with E-state index in [2.05, 4.69) is 71.4 Å². The molecule has 0 saturated heterocycles. The normalized spacial score (nSPS) is 12.4. The van der Waals surface area contributed by atoms with Gasteiger partial charge in [0.2, 0.25) is 0 Å². The zero-order chi connectivity index (χ0) is 15.4. The molecule has 21 heavy (non-hydrogen) atoms. The Hall–Kier alpha value is -0.840. The van der Waals surface area contributed by atoms with Crippen molar-refractivity contribution >= 4 is 33.0 Å². The van der Waals surface area contributed by atoms with Crippen molar-refractivity contribution in [3.05, 3.63) is 50.1 Å². The monoisotopic (exact) mass is 366 g/mol. The summed E-state index contributed by atoms with van der Waals surface area (Å²) in [6.45, 7) is 5.25. The van der Waals surface area contributed by atoms with Gasteiger partial charge in [-0.2, -0.15) is 0 Å². The van der Waals surface area contributed by atoms with Crippen LogP contribution in [0.25, 0.3) is 0 Å². The first-order valence-corrected chi connectivity index (χ1v) is 8.96. The molecule has 2 aromatic rings. The first kappa shape index (κ1) is 16.5. The van der Waals surface area contributed by atoms with Crippen molar-refractivity contribution in [2.45, 2.75) is 39.3 Å². The minimum Gasteiger partial charge on any atom is -0.369 e. The fourth-order valence-electron chi connectivity index (χ4n) is 2.34. The van der Waals surface area contributed by atoms with Crippen LogP contribution in [0.2, 0.25) is 0 Å². The second-order valence-electron chi connectivity index (χ2n) is 5.57. The Balaban J connectivity index is 2.08. The molecule has 1 aromatic heterocycles. The van der Waals surface area contributed by atoms with Gasteiger partial charge in [0, 0.05) is 33.5 Å². The number of rotatable bonds is 6. The highest BCUT2D eigenvalue weighted by Gasteiger charge is 2.08. The molecule has 0 aliphatic rings. The molecule has 2 nitrogen and oxygen atoms in total. The number of halogens is 1. The molecule has 0 saturated carbocycles. The summed E-state index contributed by atoms with van der Waals surface area (Å²) in [6.07, 6.45) is 1.98. The van der Waals surface area contributed by atoms with Crippen molar-refractivity contribution in [2.75, 3.05) is 11.9 Å². The molecule has 1 unspecified atom stereocenters. The fourth-order valence-corrected chi connectivity index (χ4v) is 3.84. The quantitative estimate of drug-likeness (QED) is 0.799. The van der Waals surface area contributed by atoms with Crippen molar-refractivity contribution in [1.29, 1.82) is 0 Å². The number of anilines is 1. The highest BCUT2D eigenvalue weighted by molar-refractivity contribution is 9.10. The van der Waals surface area contributed by atoms with Gasteiger partial charge in [0.05, 0.1) is 6.54 Å². The highest BCUT2D eigenvalue weighted by Crippen LogP contribution is 2.25. The zero-order valence-electron chi connectivity index (χ0n) is 12.9. The Labute approximate surface area is 140 Å². The van der Waals surface area contributed by atoms with E-state index in [1.54, 1.807) is 11.3 Å². The van der Waals surface area contributed by atoms with Crippen LogP contribution in [-0.2, 0) is 13.0 Å². The summed E-state index contributed by atoms with van der Waals surface area (Å²) in [6, 6.07) is 9.13. The van der Waals surface area contributed by atoms with E-state index >= 15 is 0 Å². The molecule has 0 amide bonds. The van der Waals surface area contributed by atoms with Crippen LogP contribution in [0.1, 0.15) is 29.3 Å². The minimum absolute atomic E-state index is 0.260. The topological polar surface area (TPSA) is 29.3 Å². The average molecular weight is 367 g/mol. The average Bonchev–Trinajstić information content (AvgIpc) is 2.86. The molecule has 1 heterocycles. The summed E-state index contributed by atoms with van der Waals surface area (Å²) < 4.78 is 1.16. The van der Waals surface area contributed by atoms with Gasteiger partial charge in [-0.05, 0) is 65.0 Å². The Bertz CT molecular complexity index is 594. The molecular formula is C17H23BrN2S. The maximum Gasteiger partial charge on any atom is 0.0519 e. The maximum atomic E-state index is 6.06. The number of hydrogen-bond acceptors (Lipinski definition) is 3. The third-order valence-electron chi connectivity index (χ3n) is 3.79. The summed E-state index contributed by atoms with van der Waals surface area (Å²) in [7, 11) is 2.14. The molecule has 1 atom stereocenters. The lowest BCUT2D eigenvalue weighted by molar-refractivity contribution is 0.644. The molecule has 0 aliphatic carbocycles. The first-order valence-electron chi connectivity index (χ1n) is 7.28. The van der Waals surface area contributed by atoms with Crippen LogP contribution in [-0.4, -0.2) is 13.1 Å². The van der Waals surface area contributed by atoms with Crippen molar-refractivity contribution in [3.8, 4) is 0 Å². The minimum atomic E-state index is 0.260. The van der Waals surface area contributed by atoms with Crippen LogP contribution in [0.15, 0.2) is 34.1 Å². The van der Waals surface area contributed by atoms with E-state index < -0.39 is 0 Å². The van der Waals surface area contributed by atoms with Crippen LogP contribution in [0.3, 0.4) is 0 Å². The molecular weight excluding hydrogens is 344 g/mol. The first-order chi connectivity index (χ1) is 9.99. The molecule has 0 fully saturated rings. The van der Waals surface area contributed by atoms with Gasteiger partial charge in [0.1, 0.15) is 0 Å². The predicted octanol–water partition coefficient (Wildman–Crippen LogP) is 4.74. The van der Waals surface area contributed by atoms with E-state index in [4.69, 9.17) is 5.73 Å². The van der Waals surface area contributed by atoms with Crippen LogP contribution in [0.5, 0.6) is 0 Å². The van der Waals surface area contributed by atoms with Gasteiger partial charge >= 0.3 is 0 Å². The summed E-state index contributed by atoms with van der Waals surface area (Å²) >= 11 is 5.30. The number of benzene rings is 1. The fraction of sp³-hybridized carbons (Fsp3) is 0.412. The third kappa shape index (κ3) is 4.56. The van der Waals surface area contributed by atoms with E-state index in [1.807, 2.05) is 0 Å². The van der Waals surface area contributed by atoms with Crippen LogP contribution >= 0.6 is 27.3 Å². The molecule has 0 bridgehead atoms. The molecule has 4 heteroatoms. The number of hydrogen-bond donors (Lipinski definition) is 1. The molecule has 0 radical (unpaired) electrons. The highest BCUT2D eigenvalue weighted by atomic mass is 79.9. The second kappa shape index (κ2) is 7.43. The number of nitrogens with two attached hydrogens (primary N) is 1. The van der Waals surface area contributed by atoms with Crippen molar-refractivity contribution < 1.29 is 0 Å². The van der Waals surface area contributed by atoms with E-state index in [0.29, 0.717) is 0 Å². The molecule has 0 spiro atoms. The van der Waals surface area contributed by atoms with E-state index in [9.17, 15) is 0 Å². The zero-order valence-corrected chi connectivity index (χ0v) is 15.3. The van der Waals surface area contributed by atoms with Gasteiger partial charge in [-0.1, -0.05) is 13.0 Å². The lowest BCUT2D eigenvalue weighted by atomic mass is 9.99. The number of aryl methyl sites for hydroxylation is 1. The van der Waals surface area contributed by atoms with Crippen LogP contribution in [0, 0.1) is 6.92 Å². The Morgan fingerprint density at radius 1 is 1.33 bits per heavy atom. The predicted molar refractivity (Wildman–Crippen MR) is 97.3 cm³/mol. The molecule has 1 aromatic carbocycles. The molecule has 0 aliphatic heterocycles. The summed E-state index contributed by atoms with van der Waals surface area (Å²) in [5.74, 6) is 0. The number of nitrogens with zero attached hydrogens (tertiary/aromatic N) is 1. The third-order valence-corrected chi connectivity index (χ3v) is 5.47. The van der Waals surface area contributed by atoms with Crippen molar-refractivity contribution in [1.82, 2.24) is 0 Å². The summed E-state index contributed by atoms with van der Waals surface area (Å²) in [4.78, 5) is 3.65. The van der Waals surface area contributed by atoms with E-state index in [-0.39, 0.29) is 6.04 Å². The van der Waals surface area contributed by atoms with Gasteiger partial charge in [0.25, 0.3) is 0 Å². The number of thiophene rings is 1. The van der Waals surface area contributed by atoms with Crippen molar-refractivity contribution in [3.63, 3.8) is 0 Å². The Morgan fingerprint density at radius 2 is 2.10 bits per heavy atom. The van der Waals surface area contributed by atoms with Crippen LogP contribution < -0.4 is 10.6 Å².